The molecule has 1 N–H and O–H groups in total. The van der Waals surface area contributed by atoms with Crippen molar-refractivity contribution in [2.75, 3.05) is 19.4 Å². The summed E-state index contributed by atoms with van der Waals surface area (Å²) in [6.45, 7) is 0.748. The van der Waals surface area contributed by atoms with Gasteiger partial charge in [0.1, 0.15) is 0 Å². The van der Waals surface area contributed by atoms with E-state index in [4.69, 9.17) is 0 Å². The third-order valence-corrected chi connectivity index (χ3v) is 3.99. The highest BCUT2D eigenvalue weighted by molar-refractivity contribution is 7.13. The van der Waals surface area contributed by atoms with Crippen LogP contribution in [0.2, 0.25) is 0 Å². The van der Waals surface area contributed by atoms with Gasteiger partial charge in [-0.2, -0.15) is 0 Å². The van der Waals surface area contributed by atoms with E-state index < -0.39 is 0 Å². The number of thiazole rings is 1. The second kappa shape index (κ2) is 8.55. The Bertz CT molecular complexity index is 653. The maximum atomic E-state index is 11.9. The number of amides is 1. The zero-order valence-corrected chi connectivity index (χ0v) is 14.2. The van der Waals surface area contributed by atoms with E-state index in [0.717, 1.165) is 12.2 Å². The molecule has 1 aromatic heterocycles. The van der Waals surface area contributed by atoms with Crippen LogP contribution in [0.4, 0.5) is 5.13 Å². The molecule has 1 aromatic carbocycles. The molecule has 0 aliphatic carbocycles. The predicted octanol–water partition coefficient (Wildman–Crippen LogP) is 3.20. The number of nitrogens with zero attached hydrogens (tertiary/aromatic N) is 2. The summed E-state index contributed by atoms with van der Waals surface area (Å²) >= 11 is 1.42. The summed E-state index contributed by atoms with van der Waals surface area (Å²) in [5, 5.41) is 5.34. The lowest BCUT2D eigenvalue weighted by molar-refractivity contribution is -0.116. The summed E-state index contributed by atoms with van der Waals surface area (Å²) < 4.78 is 0. The van der Waals surface area contributed by atoms with Crippen LogP contribution < -0.4 is 5.32 Å². The second-order valence-electron chi connectivity index (χ2n) is 5.57. The first kappa shape index (κ1) is 17.3. The molecule has 0 saturated carbocycles. The summed E-state index contributed by atoms with van der Waals surface area (Å²) in [5.41, 5.74) is 1.63. The first-order valence-corrected chi connectivity index (χ1v) is 8.40. The average Bonchev–Trinajstić information content (AvgIpc) is 2.94. The van der Waals surface area contributed by atoms with E-state index in [9.17, 15) is 9.59 Å². The molecule has 0 unspecified atom stereocenters. The summed E-state index contributed by atoms with van der Waals surface area (Å²) in [6, 6.07) is 9.15. The van der Waals surface area contributed by atoms with Crippen LogP contribution in [-0.2, 0) is 11.3 Å². The number of carbonyl (C=O) groups is 2. The van der Waals surface area contributed by atoms with Crippen molar-refractivity contribution < 1.29 is 9.59 Å². The molecule has 1 heterocycles. The topological polar surface area (TPSA) is 62.3 Å². The minimum absolute atomic E-state index is 0.0703. The van der Waals surface area contributed by atoms with E-state index in [1.54, 1.807) is 12.1 Å². The van der Waals surface area contributed by atoms with Gasteiger partial charge in [-0.1, -0.05) is 30.3 Å². The summed E-state index contributed by atoms with van der Waals surface area (Å²) in [6.07, 6.45) is 1.23. The molecule has 0 aliphatic rings. The monoisotopic (exact) mass is 331 g/mol. The Kier molecular flexibility index (Phi) is 6.43. The molecule has 2 rings (SSSR count). The van der Waals surface area contributed by atoms with Gasteiger partial charge in [0.05, 0.1) is 5.69 Å². The van der Waals surface area contributed by atoms with Crippen LogP contribution in [0.5, 0.6) is 0 Å². The van der Waals surface area contributed by atoms with Crippen molar-refractivity contribution in [1.82, 2.24) is 9.88 Å². The summed E-state index contributed by atoms with van der Waals surface area (Å²) in [5.74, 6) is -0.0301. The number of ketones is 1. The fourth-order valence-electron chi connectivity index (χ4n) is 2.12. The van der Waals surface area contributed by atoms with E-state index in [2.05, 4.69) is 10.3 Å². The quantitative estimate of drug-likeness (QED) is 0.755. The maximum absolute atomic E-state index is 11.9. The second-order valence-corrected chi connectivity index (χ2v) is 6.43. The molecule has 23 heavy (non-hydrogen) atoms. The van der Waals surface area contributed by atoms with E-state index in [1.807, 2.05) is 42.6 Å². The molecule has 2 aromatic rings. The molecule has 122 valence electrons. The van der Waals surface area contributed by atoms with Crippen LogP contribution in [0.25, 0.3) is 0 Å². The molecular formula is C17H21N3O2S. The molecule has 0 bridgehead atoms. The maximum Gasteiger partial charge on any atom is 0.226 e. The molecule has 0 aliphatic heterocycles. The normalized spacial score (nSPS) is 10.7. The minimum Gasteiger partial charge on any atom is -0.304 e. The molecular weight excluding hydrogens is 310 g/mol. The molecule has 0 spiro atoms. The highest BCUT2D eigenvalue weighted by Crippen LogP contribution is 2.17. The number of aromatic nitrogens is 1. The molecule has 0 radical (unpaired) electrons. The van der Waals surface area contributed by atoms with Gasteiger partial charge in [0, 0.05) is 30.3 Å². The molecule has 1 amide bonds. The largest absolute Gasteiger partial charge is 0.304 e. The first-order chi connectivity index (χ1) is 11.0. The number of benzene rings is 1. The molecule has 0 fully saturated rings. The third-order valence-electron chi connectivity index (χ3n) is 3.18. The number of hydrogen-bond acceptors (Lipinski definition) is 5. The van der Waals surface area contributed by atoms with Crippen molar-refractivity contribution in [2.24, 2.45) is 0 Å². The lowest BCUT2D eigenvalue weighted by Crippen LogP contribution is -2.13. The molecule has 0 atom stereocenters. The number of Topliss-reactive ketones (excluding diaryl/α,β-unsaturated/α-hetero) is 1. The zero-order chi connectivity index (χ0) is 16.7. The third kappa shape index (κ3) is 5.92. The zero-order valence-electron chi connectivity index (χ0n) is 13.4. The molecule has 5 nitrogen and oxygen atoms in total. The Morgan fingerprint density at radius 3 is 2.61 bits per heavy atom. The van der Waals surface area contributed by atoms with Gasteiger partial charge in [-0.25, -0.2) is 4.98 Å². The van der Waals surface area contributed by atoms with Crippen molar-refractivity contribution in [1.29, 1.82) is 0 Å². The number of rotatable bonds is 8. The predicted molar refractivity (Wildman–Crippen MR) is 92.8 cm³/mol. The fraction of sp³-hybridized carbons (Fsp3) is 0.353. The number of nitrogens with one attached hydrogen (secondary N) is 1. The van der Waals surface area contributed by atoms with Gasteiger partial charge < -0.3 is 10.2 Å². The smallest absolute Gasteiger partial charge is 0.226 e. The van der Waals surface area contributed by atoms with E-state index in [0.29, 0.717) is 30.0 Å². The Morgan fingerprint density at radius 1 is 1.17 bits per heavy atom. The highest BCUT2D eigenvalue weighted by atomic mass is 32.1. The summed E-state index contributed by atoms with van der Waals surface area (Å²) in [4.78, 5) is 30.2. The van der Waals surface area contributed by atoms with Crippen LogP contribution in [0.3, 0.4) is 0 Å². The van der Waals surface area contributed by atoms with Crippen LogP contribution in [0, 0.1) is 0 Å². The lowest BCUT2D eigenvalue weighted by Gasteiger charge is -2.05. The SMILES string of the molecule is CN(C)Cc1csc(NC(=O)CCCC(=O)c2ccccc2)n1. The summed E-state index contributed by atoms with van der Waals surface area (Å²) in [7, 11) is 3.95. The van der Waals surface area contributed by atoms with Crippen molar-refractivity contribution in [3.05, 3.63) is 47.0 Å². The minimum atomic E-state index is -0.100. The van der Waals surface area contributed by atoms with Gasteiger partial charge in [0.25, 0.3) is 0 Å². The van der Waals surface area contributed by atoms with Crippen molar-refractivity contribution in [2.45, 2.75) is 25.8 Å². The van der Waals surface area contributed by atoms with Crippen LogP contribution in [0.1, 0.15) is 35.3 Å². The Hall–Kier alpha value is -2.05. The number of hydrogen-bond donors (Lipinski definition) is 1. The molecule has 6 heteroatoms. The van der Waals surface area contributed by atoms with E-state index in [-0.39, 0.29) is 11.7 Å². The highest BCUT2D eigenvalue weighted by Gasteiger charge is 2.09. The Labute approximate surface area is 140 Å². The van der Waals surface area contributed by atoms with Gasteiger partial charge in [-0.05, 0) is 20.5 Å². The van der Waals surface area contributed by atoms with Crippen LogP contribution in [0.15, 0.2) is 35.7 Å². The number of carbonyl (C=O) groups excluding carboxylic acids is 2. The van der Waals surface area contributed by atoms with Crippen molar-refractivity contribution >= 4 is 28.2 Å². The lowest BCUT2D eigenvalue weighted by atomic mass is 10.1. The van der Waals surface area contributed by atoms with Gasteiger partial charge in [0.2, 0.25) is 5.91 Å². The van der Waals surface area contributed by atoms with E-state index in [1.165, 1.54) is 11.3 Å². The van der Waals surface area contributed by atoms with Gasteiger partial charge >= 0.3 is 0 Å². The number of anilines is 1. The van der Waals surface area contributed by atoms with Crippen molar-refractivity contribution in [3.8, 4) is 0 Å². The molecule has 0 saturated heterocycles. The Balaban J connectivity index is 1.73. The van der Waals surface area contributed by atoms with Crippen LogP contribution >= 0.6 is 11.3 Å². The van der Waals surface area contributed by atoms with Gasteiger partial charge in [-0.3, -0.25) is 9.59 Å². The van der Waals surface area contributed by atoms with Crippen LogP contribution in [-0.4, -0.2) is 35.7 Å². The van der Waals surface area contributed by atoms with Gasteiger partial charge in [-0.15, -0.1) is 11.3 Å². The van der Waals surface area contributed by atoms with E-state index >= 15 is 0 Å². The first-order valence-electron chi connectivity index (χ1n) is 7.52. The fourth-order valence-corrected chi connectivity index (χ4v) is 2.84. The van der Waals surface area contributed by atoms with Gasteiger partial charge in [0.15, 0.2) is 10.9 Å². The Morgan fingerprint density at radius 2 is 1.91 bits per heavy atom. The average molecular weight is 331 g/mol. The standard InChI is InChI=1S/C17H21N3O2S/c1-20(2)11-14-12-23-17(18-14)19-16(22)10-6-9-15(21)13-7-4-3-5-8-13/h3-5,7-8,12H,6,9-11H2,1-2H3,(H,18,19,22). The van der Waals surface area contributed by atoms with Crippen molar-refractivity contribution in [3.63, 3.8) is 0 Å².